The summed E-state index contributed by atoms with van der Waals surface area (Å²) in [6.45, 7) is 0. The number of aryl methyl sites for hydroxylation is 1. The average molecular weight is 234 g/mol. The summed E-state index contributed by atoms with van der Waals surface area (Å²) in [5, 5.41) is 3.12. The van der Waals surface area contributed by atoms with E-state index >= 15 is 0 Å². The number of nitrogens with zero attached hydrogens (tertiary/aromatic N) is 2. The molecule has 0 aliphatic heterocycles. The van der Waals surface area contributed by atoms with Crippen LogP contribution in [0.4, 0.5) is 11.6 Å². The Balaban J connectivity index is 2.05. The van der Waals surface area contributed by atoms with Gasteiger partial charge in [-0.25, -0.2) is 9.97 Å². The van der Waals surface area contributed by atoms with Crippen molar-refractivity contribution in [3.8, 4) is 0 Å². The molecule has 2 aromatic rings. The lowest BCUT2D eigenvalue weighted by Gasteiger charge is -2.04. The highest BCUT2D eigenvalue weighted by molar-refractivity contribution is 6.17. The van der Waals surface area contributed by atoms with Gasteiger partial charge in [0.15, 0.2) is 0 Å². The summed E-state index contributed by atoms with van der Waals surface area (Å²) in [7, 11) is 0. The van der Waals surface area contributed by atoms with Gasteiger partial charge in [-0.15, -0.1) is 11.6 Å². The quantitative estimate of drug-likeness (QED) is 0.825. The van der Waals surface area contributed by atoms with Crippen molar-refractivity contribution >= 4 is 23.2 Å². The summed E-state index contributed by atoms with van der Waals surface area (Å²) in [5.74, 6) is 1.25. The van der Waals surface area contributed by atoms with Gasteiger partial charge in [0.05, 0.1) is 0 Å². The van der Waals surface area contributed by atoms with Crippen molar-refractivity contribution in [3.63, 3.8) is 0 Å². The molecule has 1 heterocycles. The Morgan fingerprint density at radius 3 is 2.38 bits per heavy atom. The molecule has 82 valence electrons. The van der Waals surface area contributed by atoms with Crippen LogP contribution in [0.2, 0.25) is 0 Å². The lowest BCUT2D eigenvalue weighted by atomic mass is 10.1. The number of nitrogens with one attached hydrogen (secondary N) is 1. The maximum absolute atomic E-state index is 5.67. The van der Waals surface area contributed by atoms with Crippen molar-refractivity contribution in [2.45, 2.75) is 6.42 Å². The number of anilines is 2. The molecule has 0 fully saturated rings. The van der Waals surface area contributed by atoms with Crippen molar-refractivity contribution in [1.29, 1.82) is 0 Å². The Morgan fingerprint density at radius 1 is 1.06 bits per heavy atom. The van der Waals surface area contributed by atoms with Crippen LogP contribution in [0.25, 0.3) is 0 Å². The predicted octanol–water partition coefficient (Wildman–Crippen LogP) is 3.00. The van der Waals surface area contributed by atoms with Crippen LogP contribution in [-0.4, -0.2) is 15.8 Å². The highest BCUT2D eigenvalue weighted by Crippen LogP contribution is 2.13. The largest absolute Gasteiger partial charge is 0.324 e. The fourth-order valence-electron chi connectivity index (χ4n) is 1.36. The molecule has 4 heteroatoms. The zero-order valence-electron chi connectivity index (χ0n) is 8.73. The Labute approximate surface area is 99.5 Å². The van der Waals surface area contributed by atoms with Crippen molar-refractivity contribution in [1.82, 2.24) is 9.97 Å². The van der Waals surface area contributed by atoms with Crippen LogP contribution < -0.4 is 5.32 Å². The minimum absolute atomic E-state index is 0.604. The Bertz CT molecular complexity index is 428. The first-order chi connectivity index (χ1) is 7.88. The van der Waals surface area contributed by atoms with E-state index in [2.05, 4.69) is 15.3 Å². The van der Waals surface area contributed by atoms with E-state index in [1.165, 1.54) is 5.56 Å². The summed E-state index contributed by atoms with van der Waals surface area (Å²) in [4.78, 5) is 8.18. The molecule has 0 spiro atoms. The number of halogens is 1. The fourth-order valence-corrected chi connectivity index (χ4v) is 1.57. The molecule has 3 nitrogen and oxygen atoms in total. The fraction of sp³-hybridized carbons (Fsp3) is 0.167. The van der Waals surface area contributed by atoms with Gasteiger partial charge in [0.1, 0.15) is 0 Å². The second kappa shape index (κ2) is 5.47. The third-order valence-electron chi connectivity index (χ3n) is 2.16. The van der Waals surface area contributed by atoms with Crippen LogP contribution in [0.5, 0.6) is 0 Å². The monoisotopic (exact) mass is 233 g/mol. The van der Waals surface area contributed by atoms with Gasteiger partial charge in [-0.3, -0.25) is 0 Å². The third-order valence-corrected chi connectivity index (χ3v) is 2.35. The molecule has 0 saturated heterocycles. The van der Waals surface area contributed by atoms with Crippen LogP contribution in [0.15, 0.2) is 42.7 Å². The Morgan fingerprint density at radius 2 is 1.75 bits per heavy atom. The molecule has 16 heavy (non-hydrogen) atoms. The normalized spacial score (nSPS) is 10.1. The molecule has 0 aliphatic rings. The molecular formula is C12H12ClN3. The van der Waals surface area contributed by atoms with E-state index in [4.69, 9.17) is 11.6 Å². The van der Waals surface area contributed by atoms with Crippen LogP contribution in [-0.2, 0) is 6.42 Å². The second-order valence-electron chi connectivity index (χ2n) is 3.33. The number of hydrogen-bond acceptors (Lipinski definition) is 3. The summed E-state index contributed by atoms with van der Waals surface area (Å²) < 4.78 is 0. The van der Waals surface area contributed by atoms with E-state index in [0.717, 1.165) is 12.1 Å². The van der Waals surface area contributed by atoms with Crippen LogP contribution in [0.3, 0.4) is 0 Å². The standard InChI is InChI=1S/C12H12ClN3/c13-7-6-10-2-4-11(5-3-10)16-12-14-8-1-9-15-12/h1-5,8-9H,6-7H2,(H,14,15,16). The average Bonchev–Trinajstić information content (AvgIpc) is 2.33. The zero-order valence-corrected chi connectivity index (χ0v) is 9.48. The first-order valence-electron chi connectivity index (χ1n) is 5.07. The summed E-state index contributed by atoms with van der Waals surface area (Å²) >= 11 is 5.67. The van der Waals surface area contributed by atoms with Crippen molar-refractivity contribution in [2.24, 2.45) is 0 Å². The van der Waals surface area contributed by atoms with Crippen LogP contribution in [0, 0.1) is 0 Å². The maximum atomic E-state index is 5.67. The molecule has 2 rings (SSSR count). The Kier molecular flexibility index (Phi) is 3.72. The molecule has 0 saturated carbocycles. The number of aromatic nitrogens is 2. The SMILES string of the molecule is ClCCc1ccc(Nc2ncccn2)cc1. The summed E-state index contributed by atoms with van der Waals surface area (Å²) in [5.41, 5.74) is 2.21. The molecule has 1 N–H and O–H groups in total. The van der Waals surface area contributed by atoms with Gasteiger partial charge in [0.25, 0.3) is 0 Å². The van der Waals surface area contributed by atoms with Gasteiger partial charge in [0.2, 0.25) is 5.95 Å². The van der Waals surface area contributed by atoms with Crippen molar-refractivity contribution in [2.75, 3.05) is 11.2 Å². The van der Waals surface area contributed by atoms with E-state index in [0.29, 0.717) is 11.8 Å². The van der Waals surface area contributed by atoms with E-state index in [1.807, 2.05) is 24.3 Å². The van der Waals surface area contributed by atoms with Gasteiger partial charge in [0, 0.05) is 24.0 Å². The highest BCUT2D eigenvalue weighted by Gasteiger charge is 1.96. The van der Waals surface area contributed by atoms with Gasteiger partial charge in [-0.2, -0.15) is 0 Å². The topological polar surface area (TPSA) is 37.8 Å². The molecule has 0 atom stereocenters. The lowest BCUT2D eigenvalue weighted by molar-refractivity contribution is 1.14. The summed E-state index contributed by atoms with van der Waals surface area (Å²) in [6, 6.07) is 9.88. The Hall–Kier alpha value is -1.61. The van der Waals surface area contributed by atoms with Crippen molar-refractivity contribution in [3.05, 3.63) is 48.3 Å². The van der Waals surface area contributed by atoms with Gasteiger partial charge >= 0.3 is 0 Å². The summed E-state index contributed by atoms with van der Waals surface area (Å²) in [6.07, 6.45) is 4.30. The van der Waals surface area contributed by atoms with E-state index in [-0.39, 0.29) is 0 Å². The molecular weight excluding hydrogens is 222 g/mol. The minimum Gasteiger partial charge on any atom is -0.324 e. The molecule has 0 amide bonds. The number of alkyl halides is 1. The highest BCUT2D eigenvalue weighted by atomic mass is 35.5. The first-order valence-corrected chi connectivity index (χ1v) is 5.61. The van der Waals surface area contributed by atoms with E-state index in [9.17, 15) is 0 Å². The lowest BCUT2D eigenvalue weighted by Crippen LogP contribution is -1.95. The molecule has 0 bridgehead atoms. The van der Waals surface area contributed by atoms with Crippen LogP contribution in [0.1, 0.15) is 5.56 Å². The van der Waals surface area contributed by atoms with Crippen molar-refractivity contribution < 1.29 is 0 Å². The third kappa shape index (κ3) is 2.94. The van der Waals surface area contributed by atoms with Gasteiger partial charge in [-0.1, -0.05) is 12.1 Å². The smallest absolute Gasteiger partial charge is 0.227 e. The molecule has 0 radical (unpaired) electrons. The van der Waals surface area contributed by atoms with Gasteiger partial charge < -0.3 is 5.32 Å². The molecule has 1 aromatic carbocycles. The maximum Gasteiger partial charge on any atom is 0.227 e. The van der Waals surface area contributed by atoms with E-state index < -0.39 is 0 Å². The molecule has 0 unspecified atom stereocenters. The second-order valence-corrected chi connectivity index (χ2v) is 3.71. The predicted molar refractivity (Wildman–Crippen MR) is 66.2 cm³/mol. The number of rotatable bonds is 4. The first kappa shape index (κ1) is 10.9. The van der Waals surface area contributed by atoms with Crippen LogP contribution >= 0.6 is 11.6 Å². The number of hydrogen-bond donors (Lipinski definition) is 1. The molecule has 1 aromatic heterocycles. The minimum atomic E-state index is 0.604. The van der Waals surface area contributed by atoms with E-state index in [1.54, 1.807) is 18.5 Å². The zero-order chi connectivity index (χ0) is 11.2. The number of benzene rings is 1. The molecule has 0 aliphatic carbocycles. The van der Waals surface area contributed by atoms with Gasteiger partial charge in [-0.05, 0) is 30.2 Å².